The van der Waals surface area contributed by atoms with E-state index < -0.39 is 0 Å². The Balaban J connectivity index is 1.80. The van der Waals surface area contributed by atoms with Gasteiger partial charge < -0.3 is 14.6 Å². The van der Waals surface area contributed by atoms with Crippen molar-refractivity contribution in [1.82, 2.24) is 9.55 Å². The van der Waals surface area contributed by atoms with Crippen LogP contribution < -0.4 is 10.5 Å². The van der Waals surface area contributed by atoms with Gasteiger partial charge in [0.2, 0.25) is 0 Å². The van der Waals surface area contributed by atoms with E-state index in [1.807, 2.05) is 31.2 Å². The van der Waals surface area contributed by atoms with Crippen LogP contribution in [0.4, 0.5) is 5.82 Å². The van der Waals surface area contributed by atoms with E-state index in [0.29, 0.717) is 12.4 Å². The van der Waals surface area contributed by atoms with Crippen LogP contribution in [-0.2, 0) is 6.54 Å². The third-order valence-electron chi connectivity index (χ3n) is 6.16. The summed E-state index contributed by atoms with van der Waals surface area (Å²) in [5.41, 5.74) is 1.95. The first-order valence-electron chi connectivity index (χ1n) is 9.54. The van der Waals surface area contributed by atoms with Gasteiger partial charge >= 0.3 is 0 Å². The number of benzene rings is 1. The van der Waals surface area contributed by atoms with Crippen molar-refractivity contribution in [3.8, 4) is 0 Å². The summed E-state index contributed by atoms with van der Waals surface area (Å²) in [7, 11) is 0. The number of hydrogen-bond donors (Lipinski definition) is 1. The van der Waals surface area contributed by atoms with Gasteiger partial charge in [0.15, 0.2) is 5.82 Å². The van der Waals surface area contributed by atoms with Crippen LogP contribution in [0.25, 0.3) is 11.0 Å². The number of hydrogen-bond acceptors (Lipinski definition) is 4. The molecule has 134 valence electrons. The molecule has 1 N–H and O–H groups in total. The molecule has 5 nitrogen and oxygen atoms in total. The maximum Gasteiger partial charge on any atom is 0.294 e. The lowest BCUT2D eigenvalue weighted by atomic mass is 9.73. The van der Waals surface area contributed by atoms with Crippen LogP contribution in [0.3, 0.4) is 0 Å². The lowest BCUT2D eigenvalue weighted by Crippen LogP contribution is -2.39. The molecule has 1 spiro atoms. The van der Waals surface area contributed by atoms with Crippen LogP contribution in [-0.4, -0.2) is 33.9 Å². The monoisotopic (exact) mass is 341 g/mol. The van der Waals surface area contributed by atoms with E-state index in [9.17, 15) is 9.90 Å². The summed E-state index contributed by atoms with van der Waals surface area (Å²) < 4.78 is 1.80. The fraction of sp³-hybridized carbons (Fsp3) is 0.600. The maximum absolute atomic E-state index is 13.1. The third kappa shape index (κ3) is 2.74. The van der Waals surface area contributed by atoms with Crippen LogP contribution in [0.1, 0.15) is 45.4 Å². The zero-order valence-corrected chi connectivity index (χ0v) is 14.9. The van der Waals surface area contributed by atoms with Gasteiger partial charge in [0.1, 0.15) is 0 Å². The largest absolute Gasteiger partial charge is 0.394 e. The number of rotatable bonds is 3. The van der Waals surface area contributed by atoms with Gasteiger partial charge in [-0.25, -0.2) is 4.98 Å². The number of para-hydroxylation sites is 2. The zero-order chi connectivity index (χ0) is 17.4. The van der Waals surface area contributed by atoms with Gasteiger partial charge in [0.25, 0.3) is 5.56 Å². The molecule has 5 heteroatoms. The molecule has 1 aliphatic heterocycles. The Morgan fingerprint density at radius 3 is 2.72 bits per heavy atom. The Labute approximate surface area is 148 Å². The molecule has 1 saturated heterocycles. The number of aromatic nitrogens is 2. The van der Waals surface area contributed by atoms with Gasteiger partial charge in [-0.05, 0) is 43.7 Å². The van der Waals surface area contributed by atoms with Gasteiger partial charge in [-0.3, -0.25) is 4.79 Å². The van der Waals surface area contributed by atoms with E-state index in [1.165, 1.54) is 32.1 Å². The molecule has 0 radical (unpaired) electrons. The predicted molar refractivity (Wildman–Crippen MR) is 100 cm³/mol. The first-order chi connectivity index (χ1) is 12.2. The van der Waals surface area contributed by atoms with Crippen molar-refractivity contribution in [2.75, 3.05) is 18.1 Å². The first-order valence-corrected chi connectivity index (χ1v) is 9.54. The summed E-state index contributed by atoms with van der Waals surface area (Å²) in [6, 6.07) is 7.82. The van der Waals surface area contributed by atoms with Crippen molar-refractivity contribution in [3.63, 3.8) is 0 Å². The minimum absolute atomic E-state index is 0.00442. The van der Waals surface area contributed by atoms with E-state index in [0.717, 1.165) is 24.0 Å². The number of aliphatic hydroxyl groups excluding tert-OH is 1. The molecule has 0 bridgehead atoms. The van der Waals surface area contributed by atoms with Crippen LogP contribution in [0.5, 0.6) is 0 Å². The number of nitrogens with zero attached hydrogens (tertiary/aromatic N) is 3. The third-order valence-corrected chi connectivity index (χ3v) is 6.16. The molecule has 1 aromatic heterocycles. The lowest BCUT2D eigenvalue weighted by Gasteiger charge is -2.33. The average Bonchev–Trinajstić information content (AvgIpc) is 2.99. The second-order valence-electron chi connectivity index (χ2n) is 7.70. The summed E-state index contributed by atoms with van der Waals surface area (Å²) in [6.45, 7) is 3.55. The molecule has 1 aromatic carbocycles. The molecular weight excluding hydrogens is 314 g/mol. The minimum Gasteiger partial charge on any atom is -0.394 e. The molecule has 1 saturated carbocycles. The molecule has 0 amide bonds. The van der Waals surface area contributed by atoms with E-state index in [1.54, 1.807) is 4.57 Å². The number of aryl methyl sites for hydroxylation is 1. The van der Waals surface area contributed by atoms with Gasteiger partial charge in [0, 0.05) is 13.1 Å². The number of fused-ring (bicyclic) bond motifs is 1. The predicted octanol–water partition coefficient (Wildman–Crippen LogP) is 2.94. The summed E-state index contributed by atoms with van der Waals surface area (Å²) in [4.78, 5) is 19.9. The molecular formula is C20H27N3O2. The van der Waals surface area contributed by atoms with Crippen molar-refractivity contribution < 1.29 is 5.11 Å². The highest BCUT2D eigenvalue weighted by Gasteiger charge is 2.45. The molecule has 25 heavy (non-hydrogen) atoms. The normalized spacial score (nSPS) is 22.8. The SMILES string of the molecule is CCn1c(=O)c(N2CC3(CCCCC3)C[C@H]2CO)nc2ccccc21. The number of anilines is 1. The Hall–Kier alpha value is -1.88. The fourth-order valence-electron chi connectivity index (χ4n) is 4.92. The topological polar surface area (TPSA) is 58.4 Å². The quantitative estimate of drug-likeness (QED) is 0.932. The Bertz CT molecular complexity index is 823. The van der Waals surface area contributed by atoms with E-state index in [-0.39, 0.29) is 23.6 Å². The Kier molecular flexibility index (Phi) is 4.28. The van der Waals surface area contributed by atoms with E-state index in [2.05, 4.69) is 4.90 Å². The van der Waals surface area contributed by atoms with Gasteiger partial charge in [-0.2, -0.15) is 0 Å². The molecule has 2 fully saturated rings. The van der Waals surface area contributed by atoms with E-state index in [4.69, 9.17) is 4.98 Å². The Morgan fingerprint density at radius 1 is 1.24 bits per heavy atom. The summed E-state index contributed by atoms with van der Waals surface area (Å²) >= 11 is 0. The van der Waals surface area contributed by atoms with Crippen LogP contribution in [0.15, 0.2) is 29.1 Å². The standard InChI is InChI=1S/C20H27N3O2/c1-2-22-17-9-5-4-8-16(17)21-18(19(22)25)23-14-20(12-15(23)13-24)10-6-3-7-11-20/h4-5,8-9,15,24H,2-3,6-7,10-14H2,1H3/t15-/m0/s1. The van der Waals surface area contributed by atoms with Crippen LogP contribution >= 0.6 is 0 Å². The highest BCUT2D eigenvalue weighted by Crippen LogP contribution is 2.46. The molecule has 0 unspecified atom stereocenters. The molecule has 2 heterocycles. The smallest absolute Gasteiger partial charge is 0.294 e. The highest BCUT2D eigenvalue weighted by atomic mass is 16.3. The first kappa shape index (κ1) is 16.6. The molecule has 2 aliphatic rings. The van der Waals surface area contributed by atoms with Gasteiger partial charge in [0.05, 0.1) is 23.7 Å². The zero-order valence-electron chi connectivity index (χ0n) is 14.9. The second-order valence-corrected chi connectivity index (χ2v) is 7.70. The second kappa shape index (κ2) is 6.45. The fourth-order valence-corrected chi connectivity index (χ4v) is 4.92. The van der Waals surface area contributed by atoms with E-state index >= 15 is 0 Å². The van der Waals surface area contributed by atoms with Crippen molar-refractivity contribution in [3.05, 3.63) is 34.6 Å². The Morgan fingerprint density at radius 2 is 2.00 bits per heavy atom. The summed E-state index contributed by atoms with van der Waals surface area (Å²) in [6.07, 6.45) is 7.21. The average molecular weight is 341 g/mol. The molecule has 1 atom stereocenters. The van der Waals surface area contributed by atoms with Gasteiger partial charge in [-0.15, -0.1) is 0 Å². The summed E-state index contributed by atoms with van der Waals surface area (Å²) in [5.74, 6) is 0.516. The van der Waals surface area contributed by atoms with Crippen molar-refractivity contribution in [2.45, 2.75) is 58.0 Å². The van der Waals surface area contributed by atoms with Crippen LogP contribution in [0.2, 0.25) is 0 Å². The highest BCUT2D eigenvalue weighted by molar-refractivity contribution is 5.76. The molecule has 4 rings (SSSR count). The molecule has 2 aromatic rings. The minimum atomic E-state index is -0.0347. The van der Waals surface area contributed by atoms with Crippen molar-refractivity contribution >= 4 is 16.9 Å². The lowest BCUT2D eigenvalue weighted by molar-refractivity contribution is 0.196. The van der Waals surface area contributed by atoms with Crippen molar-refractivity contribution in [1.29, 1.82) is 0 Å². The molecule has 1 aliphatic carbocycles. The number of aliphatic hydroxyl groups is 1. The van der Waals surface area contributed by atoms with Crippen molar-refractivity contribution in [2.24, 2.45) is 5.41 Å². The van der Waals surface area contributed by atoms with Gasteiger partial charge in [-0.1, -0.05) is 31.4 Å². The summed E-state index contributed by atoms with van der Waals surface area (Å²) in [5, 5.41) is 9.96. The maximum atomic E-state index is 13.1. The van der Waals surface area contributed by atoms with Crippen LogP contribution in [0, 0.1) is 5.41 Å².